The van der Waals surface area contributed by atoms with Crippen LogP contribution in [0.5, 0.6) is 11.5 Å². The van der Waals surface area contributed by atoms with Crippen molar-refractivity contribution in [3.63, 3.8) is 0 Å². The van der Waals surface area contributed by atoms with Crippen LogP contribution in [0.1, 0.15) is 24.4 Å². The summed E-state index contributed by atoms with van der Waals surface area (Å²) in [7, 11) is 0. The number of halogens is 2. The Morgan fingerprint density at radius 1 is 1.04 bits per heavy atom. The normalized spacial score (nSPS) is 18.9. The lowest BCUT2D eigenvalue weighted by molar-refractivity contribution is -0.133. The molecule has 0 unspecified atom stereocenters. The average molecular weight is 725 g/mol. The minimum Gasteiger partial charge on any atom is -0.492 e. The third-order valence-corrected chi connectivity index (χ3v) is 8.08. The van der Waals surface area contributed by atoms with E-state index >= 15 is 0 Å². The van der Waals surface area contributed by atoms with Crippen molar-refractivity contribution in [3.8, 4) is 22.9 Å². The fourth-order valence-electron chi connectivity index (χ4n) is 5.03. The van der Waals surface area contributed by atoms with E-state index in [0.717, 1.165) is 0 Å². The van der Waals surface area contributed by atoms with Crippen molar-refractivity contribution in [2.45, 2.75) is 38.0 Å². The molecule has 50 heavy (non-hydrogen) atoms. The van der Waals surface area contributed by atoms with Gasteiger partial charge in [-0.1, -0.05) is 65.7 Å². The fraction of sp³-hybridized carbons (Fsp3) is 0.294. The summed E-state index contributed by atoms with van der Waals surface area (Å²) in [5, 5.41) is 26.0. The number of aromatic nitrogens is 3. The van der Waals surface area contributed by atoms with E-state index in [1.165, 1.54) is 16.8 Å². The van der Waals surface area contributed by atoms with Crippen molar-refractivity contribution in [2.24, 2.45) is 0 Å². The summed E-state index contributed by atoms with van der Waals surface area (Å²) in [6.45, 7) is 0.609. The molecule has 2 aliphatic rings. The molecular formula is C34H35Cl2N7O7. The molecule has 3 aromatic carbocycles. The van der Waals surface area contributed by atoms with Crippen molar-refractivity contribution in [2.75, 3.05) is 26.4 Å². The maximum Gasteiger partial charge on any atom is 0.258 e. The molecule has 16 heteroatoms. The first kappa shape index (κ1) is 36.1. The SMILES string of the molecule is C[C@@H]1NC(=O)[C@H](CO)NC(=O)[C@@H](NC(=O)COc2ccc(Cl)cc2Cl)Cc2ccc(cc2)OCCNC(=O)Cn2nc(-c3ccccc3)nc21. The topological polar surface area (TPSA) is 186 Å². The van der Waals surface area contributed by atoms with Crippen LogP contribution in [0.15, 0.2) is 72.8 Å². The molecule has 262 valence electrons. The van der Waals surface area contributed by atoms with Crippen LogP contribution in [-0.4, -0.2) is 81.9 Å². The van der Waals surface area contributed by atoms with Crippen LogP contribution in [0.3, 0.4) is 0 Å². The lowest BCUT2D eigenvalue weighted by atomic mass is 10.0. The Balaban J connectivity index is 1.37. The van der Waals surface area contributed by atoms with Gasteiger partial charge in [0, 0.05) is 17.0 Å². The number of fused-ring (bicyclic) bond motifs is 14. The van der Waals surface area contributed by atoms with E-state index in [1.54, 1.807) is 37.3 Å². The van der Waals surface area contributed by atoms with Gasteiger partial charge in [-0.05, 0) is 42.8 Å². The van der Waals surface area contributed by atoms with E-state index in [4.69, 9.17) is 32.7 Å². The summed E-state index contributed by atoms with van der Waals surface area (Å²) >= 11 is 12.1. The van der Waals surface area contributed by atoms with E-state index < -0.39 is 49.1 Å². The second kappa shape index (κ2) is 17.0. The first-order valence-electron chi connectivity index (χ1n) is 15.7. The molecular weight excluding hydrogens is 689 g/mol. The third-order valence-electron chi connectivity index (χ3n) is 7.55. The average Bonchev–Trinajstić information content (AvgIpc) is 3.52. The quantitative estimate of drug-likeness (QED) is 0.199. The van der Waals surface area contributed by atoms with Gasteiger partial charge in [0.15, 0.2) is 12.4 Å². The van der Waals surface area contributed by atoms with E-state index in [1.807, 2.05) is 30.3 Å². The first-order valence-corrected chi connectivity index (χ1v) is 16.4. The van der Waals surface area contributed by atoms with Gasteiger partial charge >= 0.3 is 0 Å². The lowest BCUT2D eigenvalue weighted by Gasteiger charge is -2.24. The van der Waals surface area contributed by atoms with Gasteiger partial charge in [-0.15, -0.1) is 0 Å². The number of nitrogens with one attached hydrogen (secondary N) is 4. The molecule has 0 fully saturated rings. The zero-order chi connectivity index (χ0) is 35.6. The van der Waals surface area contributed by atoms with Gasteiger partial charge in [0.2, 0.25) is 17.7 Å². The van der Waals surface area contributed by atoms with Gasteiger partial charge < -0.3 is 35.8 Å². The van der Waals surface area contributed by atoms with Gasteiger partial charge in [-0.25, -0.2) is 9.67 Å². The molecule has 2 bridgehead atoms. The minimum atomic E-state index is -1.40. The Labute approximate surface area is 297 Å². The molecule has 5 N–H and O–H groups in total. The zero-order valence-electron chi connectivity index (χ0n) is 26.9. The summed E-state index contributed by atoms with van der Waals surface area (Å²) in [6.07, 6.45) is 0.0250. The van der Waals surface area contributed by atoms with Gasteiger partial charge in [0.1, 0.15) is 42.6 Å². The largest absolute Gasteiger partial charge is 0.492 e. The third kappa shape index (κ3) is 9.71. The van der Waals surface area contributed by atoms with Crippen LogP contribution < -0.4 is 30.7 Å². The number of carbonyl (C=O) groups is 4. The molecule has 0 spiro atoms. The molecule has 0 radical (unpaired) electrons. The standard InChI is InChI=1S/C34H35Cl2N7O7/c1-20-32-41-31(22-5-3-2-4-6-22)42-43(32)17-29(45)37-13-14-49-24-10-7-21(8-11-24)15-26(33(47)40-27(18-44)34(48)38-20)39-30(46)19-50-28-12-9-23(35)16-25(28)36/h2-12,16,20,26-27,44H,13-15,17-19H2,1H3,(H,37,45)(H,38,48)(H,39,46)(H,40,47)/t20-,26-,27-/m0/s1. The highest BCUT2D eigenvalue weighted by Gasteiger charge is 2.29. The molecule has 4 aromatic rings. The number of hydrogen-bond acceptors (Lipinski definition) is 9. The lowest BCUT2D eigenvalue weighted by Crippen LogP contribution is -2.56. The predicted molar refractivity (Wildman–Crippen MR) is 184 cm³/mol. The summed E-state index contributed by atoms with van der Waals surface area (Å²) < 4.78 is 12.7. The molecule has 14 nitrogen and oxygen atoms in total. The number of aliphatic hydroxyl groups excluding tert-OH is 1. The Morgan fingerprint density at radius 3 is 2.52 bits per heavy atom. The van der Waals surface area contributed by atoms with E-state index in [2.05, 4.69) is 31.3 Å². The molecule has 0 saturated carbocycles. The van der Waals surface area contributed by atoms with Crippen LogP contribution in [0, 0.1) is 0 Å². The van der Waals surface area contributed by atoms with Crippen LogP contribution in [-0.2, 0) is 32.1 Å². The number of ether oxygens (including phenoxy) is 2. The minimum absolute atomic E-state index is 0.0250. The second-order valence-corrected chi connectivity index (χ2v) is 12.2. The Kier molecular flexibility index (Phi) is 12.3. The molecule has 6 rings (SSSR count). The monoisotopic (exact) mass is 723 g/mol. The summed E-state index contributed by atoms with van der Waals surface area (Å²) in [4.78, 5) is 57.5. The Bertz CT molecular complexity index is 1820. The van der Waals surface area contributed by atoms with Crippen molar-refractivity contribution in [1.29, 1.82) is 0 Å². The highest BCUT2D eigenvalue weighted by Crippen LogP contribution is 2.27. The zero-order valence-corrected chi connectivity index (χ0v) is 28.4. The first-order chi connectivity index (χ1) is 24.1. The fourth-order valence-corrected chi connectivity index (χ4v) is 5.50. The van der Waals surface area contributed by atoms with Gasteiger partial charge in [-0.2, -0.15) is 5.10 Å². The molecule has 1 aromatic heterocycles. The summed E-state index contributed by atoms with van der Waals surface area (Å²) in [5.74, 6) is -1.09. The highest BCUT2D eigenvalue weighted by molar-refractivity contribution is 6.35. The van der Waals surface area contributed by atoms with Gasteiger partial charge in [-0.3, -0.25) is 19.2 Å². The number of nitrogens with zero attached hydrogens (tertiary/aromatic N) is 3. The molecule has 3 atom stereocenters. The maximum absolute atomic E-state index is 13.6. The Morgan fingerprint density at radius 2 is 1.80 bits per heavy atom. The highest BCUT2D eigenvalue weighted by atomic mass is 35.5. The number of aliphatic hydroxyl groups is 1. The molecule has 4 amide bonds. The maximum atomic E-state index is 13.6. The van der Waals surface area contributed by atoms with Crippen molar-refractivity contribution < 1.29 is 33.8 Å². The van der Waals surface area contributed by atoms with Crippen LogP contribution in [0.4, 0.5) is 0 Å². The van der Waals surface area contributed by atoms with Gasteiger partial charge in [0.25, 0.3) is 5.91 Å². The number of carbonyl (C=O) groups excluding carboxylic acids is 4. The van der Waals surface area contributed by atoms with Gasteiger partial charge in [0.05, 0.1) is 24.2 Å². The van der Waals surface area contributed by atoms with E-state index in [0.29, 0.717) is 27.7 Å². The van der Waals surface area contributed by atoms with Crippen LogP contribution >= 0.6 is 23.2 Å². The molecule has 0 saturated heterocycles. The molecule has 3 heterocycles. The van der Waals surface area contributed by atoms with Crippen molar-refractivity contribution in [3.05, 3.63) is 94.2 Å². The van der Waals surface area contributed by atoms with Crippen LogP contribution in [0.25, 0.3) is 11.4 Å². The van der Waals surface area contributed by atoms with E-state index in [9.17, 15) is 24.3 Å². The number of amides is 4. The molecule has 0 aliphatic carbocycles. The number of rotatable bonds is 6. The van der Waals surface area contributed by atoms with E-state index in [-0.39, 0.29) is 48.6 Å². The Hall–Kier alpha value is -5.18. The van der Waals surface area contributed by atoms with Crippen molar-refractivity contribution in [1.82, 2.24) is 36.0 Å². The molecule has 2 aliphatic heterocycles. The second-order valence-electron chi connectivity index (χ2n) is 11.3. The number of benzene rings is 3. The smallest absolute Gasteiger partial charge is 0.258 e. The summed E-state index contributed by atoms with van der Waals surface area (Å²) in [6, 6.07) is 17.1. The predicted octanol–water partition coefficient (Wildman–Crippen LogP) is 2.22. The van der Waals surface area contributed by atoms with Crippen LogP contribution in [0.2, 0.25) is 10.0 Å². The van der Waals surface area contributed by atoms with Crippen molar-refractivity contribution >= 4 is 46.8 Å². The number of hydrogen-bond donors (Lipinski definition) is 5. The summed E-state index contributed by atoms with van der Waals surface area (Å²) in [5.41, 5.74) is 1.36.